The number of nitrogens with one attached hydrogen (secondary N) is 1. The van der Waals surface area contributed by atoms with Crippen LogP contribution in [0.2, 0.25) is 0 Å². The van der Waals surface area contributed by atoms with Crippen LogP contribution in [0, 0.1) is 0 Å². The fourth-order valence-electron chi connectivity index (χ4n) is 3.95. The van der Waals surface area contributed by atoms with Gasteiger partial charge in [-0.25, -0.2) is 4.79 Å². The number of carbonyl (C=O) groups excluding carboxylic acids is 2. The lowest BCUT2D eigenvalue weighted by atomic mass is 9.91. The maximum absolute atomic E-state index is 12.8. The van der Waals surface area contributed by atoms with Crippen LogP contribution in [-0.4, -0.2) is 60.3 Å². The smallest absolute Gasteiger partial charge is 0.338 e. The van der Waals surface area contributed by atoms with E-state index in [4.69, 9.17) is 19.3 Å². The number of esters is 1. The van der Waals surface area contributed by atoms with Gasteiger partial charge in [-0.1, -0.05) is 42.5 Å². The first kappa shape index (κ1) is 23.7. The van der Waals surface area contributed by atoms with Crippen LogP contribution in [0.3, 0.4) is 0 Å². The van der Waals surface area contributed by atoms with Crippen LogP contribution in [0.1, 0.15) is 27.9 Å². The van der Waals surface area contributed by atoms with Gasteiger partial charge in [0.1, 0.15) is 30.9 Å². The molecule has 2 aromatic carbocycles. The number of aliphatic hydroxyl groups is 1. The SMILES string of the molecule is O=C(NCCO)C1=C[C@H]2OCO[C@H]2[C@H](OC(=O)c2ccc(C=CCc3ccccc3O)cc2)C1. The lowest BCUT2D eigenvalue weighted by molar-refractivity contribution is -0.118. The predicted molar refractivity (Wildman–Crippen MR) is 124 cm³/mol. The van der Waals surface area contributed by atoms with E-state index in [-0.39, 0.29) is 38.0 Å². The van der Waals surface area contributed by atoms with Gasteiger partial charge in [0, 0.05) is 18.5 Å². The number of hydrogen-bond acceptors (Lipinski definition) is 7. The van der Waals surface area contributed by atoms with E-state index in [1.54, 1.807) is 30.3 Å². The number of para-hydroxylation sites is 1. The molecule has 178 valence electrons. The second-order valence-corrected chi connectivity index (χ2v) is 8.06. The summed E-state index contributed by atoms with van der Waals surface area (Å²) in [6.45, 7) is 0.0373. The molecule has 0 aromatic heterocycles. The number of phenols is 1. The molecule has 3 atom stereocenters. The standard InChI is InChI=1S/C26H27NO7/c28-13-12-27-25(30)20-14-22-24(33-16-32-22)23(15-20)34-26(31)19-10-8-17(9-11-19)4-3-6-18-5-1-2-7-21(18)29/h1-5,7-11,14,22-24,28-29H,6,12-13,15-16H2,(H,27,30)/t22-,23-,24-/m1/s1. The number of aliphatic hydroxyl groups excluding tert-OH is 1. The maximum atomic E-state index is 12.8. The number of hydrogen-bond donors (Lipinski definition) is 3. The summed E-state index contributed by atoms with van der Waals surface area (Å²) in [5.74, 6) is -0.583. The van der Waals surface area contributed by atoms with Crippen LogP contribution in [0.25, 0.3) is 6.08 Å². The molecule has 1 aliphatic carbocycles. The van der Waals surface area contributed by atoms with Crippen LogP contribution in [0.4, 0.5) is 0 Å². The number of phenolic OH excluding ortho intramolecular Hbond substituents is 1. The quantitative estimate of drug-likeness (QED) is 0.513. The number of amides is 1. The maximum Gasteiger partial charge on any atom is 0.338 e. The zero-order valence-corrected chi connectivity index (χ0v) is 18.6. The van der Waals surface area contributed by atoms with Crippen molar-refractivity contribution in [3.8, 4) is 5.75 Å². The van der Waals surface area contributed by atoms with E-state index in [0.29, 0.717) is 17.6 Å². The molecule has 0 spiro atoms. The first-order chi connectivity index (χ1) is 16.5. The molecule has 1 saturated heterocycles. The molecule has 1 aliphatic heterocycles. The minimum atomic E-state index is -0.669. The Labute approximate surface area is 197 Å². The average molecular weight is 466 g/mol. The lowest BCUT2D eigenvalue weighted by Crippen LogP contribution is -2.43. The Hall–Kier alpha value is -3.46. The summed E-state index contributed by atoms with van der Waals surface area (Å²) in [5.41, 5.74) is 2.56. The zero-order valence-electron chi connectivity index (χ0n) is 18.6. The Bertz CT molecular complexity index is 1080. The molecule has 1 heterocycles. The van der Waals surface area contributed by atoms with Crippen molar-refractivity contribution >= 4 is 18.0 Å². The first-order valence-corrected chi connectivity index (χ1v) is 11.1. The number of carbonyl (C=O) groups is 2. The normalized spacial score (nSPS) is 21.7. The van der Waals surface area contributed by atoms with E-state index in [0.717, 1.165) is 11.1 Å². The highest BCUT2D eigenvalue weighted by Gasteiger charge is 2.42. The molecular weight excluding hydrogens is 438 g/mol. The summed E-state index contributed by atoms with van der Waals surface area (Å²) < 4.78 is 16.8. The Morgan fingerprint density at radius 3 is 2.68 bits per heavy atom. The Morgan fingerprint density at radius 1 is 1.12 bits per heavy atom. The lowest BCUT2D eigenvalue weighted by Gasteiger charge is -2.30. The van der Waals surface area contributed by atoms with Crippen LogP contribution in [0.15, 0.2) is 66.3 Å². The van der Waals surface area contributed by atoms with E-state index in [1.807, 2.05) is 36.4 Å². The van der Waals surface area contributed by atoms with Gasteiger partial charge in [0.15, 0.2) is 0 Å². The monoisotopic (exact) mass is 465 g/mol. The molecule has 8 heteroatoms. The van der Waals surface area contributed by atoms with Gasteiger partial charge in [0.05, 0.1) is 12.2 Å². The summed E-state index contributed by atoms with van der Waals surface area (Å²) in [7, 11) is 0. The van der Waals surface area contributed by atoms with Crippen molar-refractivity contribution in [2.75, 3.05) is 19.9 Å². The second-order valence-electron chi connectivity index (χ2n) is 8.06. The minimum absolute atomic E-state index is 0.0627. The molecule has 2 aromatic rings. The zero-order chi connectivity index (χ0) is 23.9. The number of ether oxygens (including phenoxy) is 3. The van der Waals surface area contributed by atoms with Crippen molar-refractivity contribution in [1.82, 2.24) is 5.32 Å². The molecule has 0 radical (unpaired) electrons. The van der Waals surface area contributed by atoms with Crippen molar-refractivity contribution in [2.45, 2.75) is 31.2 Å². The third kappa shape index (κ3) is 5.72. The van der Waals surface area contributed by atoms with Gasteiger partial charge in [-0.2, -0.15) is 0 Å². The average Bonchev–Trinajstić information content (AvgIpc) is 3.33. The molecule has 1 amide bonds. The van der Waals surface area contributed by atoms with E-state index in [9.17, 15) is 14.7 Å². The molecule has 34 heavy (non-hydrogen) atoms. The summed E-state index contributed by atoms with van der Waals surface area (Å²) >= 11 is 0. The van der Waals surface area contributed by atoms with Gasteiger partial charge in [0.2, 0.25) is 5.91 Å². The van der Waals surface area contributed by atoms with Gasteiger partial charge in [0.25, 0.3) is 0 Å². The number of aromatic hydroxyl groups is 1. The molecular formula is C26H27NO7. The van der Waals surface area contributed by atoms with Crippen LogP contribution >= 0.6 is 0 Å². The topological polar surface area (TPSA) is 114 Å². The van der Waals surface area contributed by atoms with Crippen LogP contribution in [0.5, 0.6) is 5.75 Å². The third-order valence-electron chi connectivity index (χ3n) is 5.73. The first-order valence-electron chi connectivity index (χ1n) is 11.1. The van der Waals surface area contributed by atoms with E-state index >= 15 is 0 Å². The second kappa shape index (κ2) is 11.1. The Morgan fingerprint density at radius 2 is 1.91 bits per heavy atom. The van der Waals surface area contributed by atoms with Crippen molar-refractivity contribution in [3.63, 3.8) is 0 Å². The van der Waals surface area contributed by atoms with Gasteiger partial charge >= 0.3 is 5.97 Å². The molecule has 1 fully saturated rings. The highest BCUT2D eigenvalue weighted by molar-refractivity contribution is 5.94. The fraction of sp³-hybridized carbons (Fsp3) is 0.308. The van der Waals surface area contributed by atoms with Crippen molar-refractivity contribution in [1.29, 1.82) is 0 Å². The number of benzene rings is 2. The summed E-state index contributed by atoms with van der Waals surface area (Å²) in [6, 6.07) is 14.2. The van der Waals surface area contributed by atoms with Crippen molar-refractivity contribution < 1.29 is 34.0 Å². The third-order valence-corrected chi connectivity index (χ3v) is 5.73. The highest BCUT2D eigenvalue weighted by Crippen LogP contribution is 2.30. The van der Waals surface area contributed by atoms with E-state index in [2.05, 4.69) is 5.32 Å². The highest BCUT2D eigenvalue weighted by atomic mass is 16.7. The predicted octanol–water partition coefficient (Wildman–Crippen LogP) is 2.35. The number of rotatable bonds is 8. The summed E-state index contributed by atoms with van der Waals surface area (Å²) in [4.78, 5) is 25.1. The minimum Gasteiger partial charge on any atom is -0.508 e. The summed E-state index contributed by atoms with van der Waals surface area (Å²) in [5, 5.41) is 21.4. The van der Waals surface area contributed by atoms with Gasteiger partial charge in [-0.15, -0.1) is 0 Å². The number of allylic oxidation sites excluding steroid dienone is 1. The summed E-state index contributed by atoms with van der Waals surface area (Å²) in [6.07, 6.45) is 4.71. The number of fused-ring (bicyclic) bond motifs is 1. The van der Waals surface area contributed by atoms with E-state index < -0.39 is 24.3 Å². The van der Waals surface area contributed by atoms with Crippen LogP contribution < -0.4 is 5.32 Å². The molecule has 0 saturated carbocycles. The Balaban J connectivity index is 1.37. The molecule has 0 bridgehead atoms. The van der Waals surface area contributed by atoms with Crippen molar-refractivity contribution in [2.24, 2.45) is 0 Å². The molecule has 2 aliphatic rings. The van der Waals surface area contributed by atoms with Gasteiger partial charge < -0.3 is 29.7 Å². The molecule has 0 unspecified atom stereocenters. The largest absolute Gasteiger partial charge is 0.508 e. The molecule has 8 nitrogen and oxygen atoms in total. The van der Waals surface area contributed by atoms with Gasteiger partial charge in [-0.05, 0) is 41.8 Å². The van der Waals surface area contributed by atoms with Gasteiger partial charge in [-0.3, -0.25) is 4.79 Å². The fourth-order valence-corrected chi connectivity index (χ4v) is 3.95. The van der Waals surface area contributed by atoms with Crippen molar-refractivity contribution in [3.05, 3.63) is 82.9 Å². The van der Waals surface area contributed by atoms with E-state index in [1.165, 1.54) is 0 Å². The van der Waals surface area contributed by atoms with Crippen LogP contribution in [-0.2, 0) is 25.4 Å². The molecule has 3 N–H and O–H groups in total. The Kier molecular flexibility index (Phi) is 7.74. The molecule has 4 rings (SSSR count).